The molecule has 0 bridgehead atoms. The molecule has 0 radical (unpaired) electrons. The van der Waals surface area contributed by atoms with Crippen LogP contribution in [0.5, 0.6) is 0 Å². The van der Waals surface area contributed by atoms with Crippen molar-refractivity contribution in [1.29, 1.82) is 0 Å². The van der Waals surface area contributed by atoms with Gasteiger partial charge in [0.05, 0.1) is 19.8 Å². The van der Waals surface area contributed by atoms with Gasteiger partial charge in [0.15, 0.2) is 6.29 Å². The van der Waals surface area contributed by atoms with Crippen LogP contribution in [0.2, 0.25) is 0 Å². The maximum absolute atomic E-state index is 5.51. The van der Waals surface area contributed by atoms with Gasteiger partial charge in [0.2, 0.25) is 0 Å². The molecule has 3 heteroatoms. The second-order valence-electron chi connectivity index (χ2n) is 3.13. The van der Waals surface area contributed by atoms with Crippen molar-refractivity contribution in [3.63, 3.8) is 0 Å². The van der Waals surface area contributed by atoms with Gasteiger partial charge in [-0.05, 0) is 6.42 Å². The number of ether oxygens (including phenoxy) is 3. The summed E-state index contributed by atoms with van der Waals surface area (Å²) in [5, 5.41) is 0. The molecular formula is C10H18O3. The lowest BCUT2D eigenvalue weighted by atomic mass is 10.3. The summed E-state index contributed by atoms with van der Waals surface area (Å²) in [5.41, 5.74) is 0. The first-order chi connectivity index (χ1) is 6.36. The monoisotopic (exact) mass is 186 g/mol. The van der Waals surface area contributed by atoms with Crippen LogP contribution in [0.3, 0.4) is 0 Å². The Kier molecular flexibility index (Phi) is 5.05. The topological polar surface area (TPSA) is 31.0 Å². The van der Waals surface area contributed by atoms with Crippen molar-refractivity contribution in [3.8, 4) is 0 Å². The third-order valence-electron chi connectivity index (χ3n) is 1.79. The van der Waals surface area contributed by atoms with Crippen molar-refractivity contribution in [1.82, 2.24) is 0 Å². The smallest absolute Gasteiger partial charge is 0.158 e. The lowest BCUT2D eigenvalue weighted by Gasteiger charge is -2.16. The molecule has 1 saturated heterocycles. The summed E-state index contributed by atoms with van der Waals surface area (Å²) < 4.78 is 16.0. The van der Waals surface area contributed by atoms with Gasteiger partial charge in [0, 0.05) is 0 Å². The molecule has 2 unspecified atom stereocenters. The minimum Gasteiger partial charge on any atom is -0.371 e. The summed E-state index contributed by atoms with van der Waals surface area (Å²) in [6.07, 6.45) is 3.95. The van der Waals surface area contributed by atoms with Crippen LogP contribution in [-0.4, -0.2) is 32.2 Å². The quantitative estimate of drug-likeness (QED) is 0.328. The van der Waals surface area contributed by atoms with Crippen LogP contribution >= 0.6 is 0 Å². The molecule has 1 rings (SSSR count). The Balaban J connectivity index is 2.06. The highest BCUT2D eigenvalue weighted by Gasteiger charge is 2.24. The predicted octanol–water partition coefficient (Wildman–Crippen LogP) is 1.73. The predicted molar refractivity (Wildman–Crippen MR) is 50.5 cm³/mol. The molecule has 13 heavy (non-hydrogen) atoms. The molecule has 2 atom stereocenters. The van der Waals surface area contributed by atoms with Gasteiger partial charge in [-0.1, -0.05) is 19.4 Å². The highest BCUT2D eigenvalue weighted by Crippen LogP contribution is 2.12. The van der Waals surface area contributed by atoms with E-state index >= 15 is 0 Å². The zero-order valence-corrected chi connectivity index (χ0v) is 8.20. The van der Waals surface area contributed by atoms with Gasteiger partial charge in [-0.2, -0.15) is 0 Å². The molecule has 3 nitrogen and oxygen atoms in total. The first-order valence-corrected chi connectivity index (χ1v) is 4.82. The van der Waals surface area contributed by atoms with Crippen molar-refractivity contribution in [2.24, 2.45) is 0 Å². The van der Waals surface area contributed by atoms with Crippen LogP contribution in [0.15, 0.2) is 12.7 Å². The molecule has 0 aromatic carbocycles. The van der Waals surface area contributed by atoms with E-state index in [1.54, 1.807) is 6.08 Å². The van der Waals surface area contributed by atoms with Gasteiger partial charge in [-0.15, -0.1) is 6.58 Å². The summed E-state index contributed by atoms with van der Waals surface area (Å²) in [4.78, 5) is 0. The average Bonchev–Trinajstić information content (AvgIpc) is 2.93. The Hall–Kier alpha value is -0.380. The van der Waals surface area contributed by atoms with E-state index in [4.69, 9.17) is 14.2 Å². The molecule has 0 aromatic rings. The molecule has 1 heterocycles. The van der Waals surface area contributed by atoms with Gasteiger partial charge in [-0.25, -0.2) is 0 Å². The maximum atomic E-state index is 5.51. The molecule has 0 aliphatic carbocycles. The van der Waals surface area contributed by atoms with Crippen LogP contribution in [0.4, 0.5) is 0 Å². The summed E-state index contributed by atoms with van der Waals surface area (Å²) in [7, 11) is 0. The van der Waals surface area contributed by atoms with Gasteiger partial charge in [-0.3, -0.25) is 0 Å². The summed E-state index contributed by atoms with van der Waals surface area (Å²) in [5.74, 6) is 0. The fourth-order valence-electron chi connectivity index (χ4n) is 1.00. The number of rotatable bonds is 8. The molecule has 1 fully saturated rings. The third kappa shape index (κ3) is 5.03. The van der Waals surface area contributed by atoms with Crippen LogP contribution in [-0.2, 0) is 14.2 Å². The van der Waals surface area contributed by atoms with E-state index in [-0.39, 0.29) is 6.29 Å². The van der Waals surface area contributed by atoms with Crippen molar-refractivity contribution >= 4 is 0 Å². The molecule has 0 N–H and O–H groups in total. The van der Waals surface area contributed by atoms with Gasteiger partial charge >= 0.3 is 0 Å². The van der Waals surface area contributed by atoms with E-state index < -0.39 is 0 Å². The van der Waals surface area contributed by atoms with Crippen LogP contribution in [0, 0.1) is 0 Å². The molecule has 1 aliphatic rings. The van der Waals surface area contributed by atoms with Crippen LogP contribution < -0.4 is 0 Å². The fourth-order valence-corrected chi connectivity index (χ4v) is 1.00. The lowest BCUT2D eigenvalue weighted by molar-refractivity contribution is -0.141. The number of hydrogen-bond acceptors (Lipinski definition) is 3. The SMILES string of the molecule is C=CCOC(CCC)OCC1CO1. The van der Waals surface area contributed by atoms with Gasteiger partial charge in [0.25, 0.3) is 0 Å². The molecule has 0 amide bonds. The van der Waals surface area contributed by atoms with Crippen molar-refractivity contribution in [2.75, 3.05) is 19.8 Å². The fraction of sp³-hybridized carbons (Fsp3) is 0.800. The van der Waals surface area contributed by atoms with E-state index in [0.29, 0.717) is 19.3 Å². The summed E-state index contributed by atoms with van der Waals surface area (Å²) in [6.45, 7) is 7.75. The highest BCUT2D eigenvalue weighted by atomic mass is 16.7. The second-order valence-corrected chi connectivity index (χ2v) is 3.13. The van der Waals surface area contributed by atoms with Crippen LogP contribution in [0.25, 0.3) is 0 Å². The van der Waals surface area contributed by atoms with E-state index in [0.717, 1.165) is 19.4 Å². The van der Waals surface area contributed by atoms with E-state index in [2.05, 4.69) is 13.5 Å². The van der Waals surface area contributed by atoms with Crippen molar-refractivity contribution in [2.45, 2.75) is 32.2 Å². The van der Waals surface area contributed by atoms with Crippen molar-refractivity contribution in [3.05, 3.63) is 12.7 Å². The van der Waals surface area contributed by atoms with Gasteiger partial charge in [0.1, 0.15) is 6.10 Å². The normalized spacial score (nSPS) is 22.7. The van der Waals surface area contributed by atoms with E-state index in [1.807, 2.05) is 0 Å². The molecule has 0 saturated carbocycles. The zero-order valence-electron chi connectivity index (χ0n) is 8.20. The standard InChI is InChI=1S/C10H18O3/c1-3-5-10(11-6-4-2)13-8-9-7-12-9/h4,9-10H,2-3,5-8H2,1H3. The Morgan fingerprint density at radius 2 is 2.38 bits per heavy atom. The molecule has 76 valence electrons. The lowest BCUT2D eigenvalue weighted by Crippen LogP contribution is -2.19. The minimum atomic E-state index is -0.0906. The highest BCUT2D eigenvalue weighted by molar-refractivity contribution is 4.68. The van der Waals surface area contributed by atoms with Crippen molar-refractivity contribution < 1.29 is 14.2 Å². The Labute approximate surface area is 79.7 Å². The van der Waals surface area contributed by atoms with E-state index in [9.17, 15) is 0 Å². The largest absolute Gasteiger partial charge is 0.371 e. The number of epoxide rings is 1. The number of hydrogen-bond donors (Lipinski definition) is 0. The molecular weight excluding hydrogens is 168 g/mol. The van der Waals surface area contributed by atoms with Crippen LogP contribution in [0.1, 0.15) is 19.8 Å². The Bertz CT molecular complexity index is 143. The molecule has 1 aliphatic heterocycles. The van der Waals surface area contributed by atoms with E-state index in [1.165, 1.54) is 0 Å². The Morgan fingerprint density at radius 1 is 1.62 bits per heavy atom. The average molecular weight is 186 g/mol. The molecule has 0 aromatic heterocycles. The summed E-state index contributed by atoms with van der Waals surface area (Å²) >= 11 is 0. The Morgan fingerprint density at radius 3 is 2.92 bits per heavy atom. The first kappa shape index (κ1) is 10.7. The zero-order chi connectivity index (χ0) is 9.52. The van der Waals surface area contributed by atoms with Gasteiger partial charge < -0.3 is 14.2 Å². The molecule has 0 spiro atoms. The minimum absolute atomic E-state index is 0.0906. The second kappa shape index (κ2) is 6.13. The first-order valence-electron chi connectivity index (χ1n) is 4.82. The summed E-state index contributed by atoms with van der Waals surface area (Å²) in [6, 6.07) is 0. The third-order valence-corrected chi connectivity index (χ3v) is 1.79. The maximum Gasteiger partial charge on any atom is 0.158 e.